The Labute approximate surface area is 111 Å². The molecule has 98 valence electrons. The van der Waals surface area contributed by atoms with E-state index < -0.39 is 0 Å². The highest BCUT2D eigenvalue weighted by atomic mass is 19.1. The molecule has 1 heterocycles. The second kappa shape index (κ2) is 4.96. The van der Waals surface area contributed by atoms with Crippen molar-refractivity contribution in [3.63, 3.8) is 0 Å². The molecule has 0 radical (unpaired) electrons. The van der Waals surface area contributed by atoms with Gasteiger partial charge in [-0.05, 0) is 30.9 Å². The number of rotatable bonds is 3. The first kappa shape index (κ1) is 12.1. The number of aromatic nitrogens is 2. The van der Waals surface area contributed by atoms with Crippen LogP contribution in [0.1, 0.15) is 29.1 Å². The van der Waals surface area contributed by atoms with Gasteiger partial charge in [-0.2, -0.15) is 0 Å². The number of hydrogen-bond acceptors (Lipinski definition) is 3. The summed E-state index contributed by atoms with van der Waals surface area (Å²) >= 11 is 0. The molecule has 0 spiro atoms. The van der Waals surface area contributed by atoms with Crippen molar-refractivity contribution in [2.45, 2.75) is 25.7 Å². The van der Waals surface area contributed by atoms with Crippen LogP contribution >= 0.6 is 0 Å². The number of halogens is 1. The van der Waals surface area contributed by atoms with E-state index >= 15 is 0 Å². The largest absolute Gasteiger partial charge is 0.373 e. The van der Waals surface area contributed by atoms with Gasteiger partial charge >= 0.3 is 0 Å². The van der Waals surface area contributed by atoms with Crippen LogP contribution in [0.25, 0.3) is 0 Å². The van der Waals surface area contributed by atoms with Crippen LogP contribution in [0.3, 0.4) is 0 Å². The molecule has 1 aromatic heterocycles. The number of hydrogen-bond donors (Lipinski definition) is 1. The molecular formula is C15H16FN3. The van der Waals surface area contributed by atoms with Crippen molar-refractivity contribution in [1.82, 2.24) is 9.97 Å². The minimum absolute atomic E-state index is 0.197. The zero-order valence-electron chi connectivity index (χ0n) is 10.9. The Kier molecular flexibility index (Phi) is 3.15. The lowest BCUT2D eigenvalue weighted by molar-refractivity contribution is 0.612. The minimum Gasteiger partial charge on any atom is -0.373 e. The zero-order valence-corrected chi connectivity index (χ0v) is 10.9. The Morgan fingerprint density at radius 1 is 1.21 bits per heavy atom. The summed E-state index contributed by atoms with van der Waals surface area (Å²) in [5.74, 6) is 1.39. The smallest absolute Gasteiger partial charge is 0.135 e. The van der Waals surface area contributed by atoms with Crippen molar-refractivity contribution in [2.24, 2.45) is 0 Å². The van der Waals surface area contributed by atoms with E-state index in [0.717, 1.165) is 30.8 Å². The summed E-state index contributed by atoms with van der Waals surface area (Å²) < 4.78 is 13.7. The molecule has 1 aromatic carbocycles. The van der Waals surface area contributed by atoms with E-state index in [1.165, 1.54) is 11.6 Å². The molecule has 1 aliphatic carbocycles. The van der Waals surface area contributed by atoms with Crippen LogP contribution in [0.4, 0.5) is 10.2 Å². The van der Waals surface area contributed by atoms with Crippen molar-refractivity contribution in [1.29, 1.82) is 0 Å². The number of nitrogens with one attached hydrogen (secondary N) is 1. The molecule has 1 N–H and O–H groups in total. The molecule has 0 amide bonds. The Hall–Kier alpha value is -1.97. The third-order valence-corrected chi connectivity index (χ3v) is 3.52. The summed E-state index contributed by atoms with van der Waals surface area (Å²) in [6.45, 7) is 0. The second-order valence-electron chi connectivity index (χ2n) is 4.79. The molecule has 0 saturated heterocycles. The van der Waals surface area contributed by atoms with Gasteiger partial charge in [-0.1, -0.05) is 18.2 Å². The van der Waals surface area contributed by atoms with E-state index in [4.69, 9.17) is 0 Å². The molecule has 0 unspecified atom stereocenters. The van der Waals surface area contributed by atoms with Crippen molar-refractivity contribution < 1.29 is 4.39 Å². The van der Waals surface area contributed by atoms with Crippen molar-refractivity contribution in [3.8, 4) is 0 Å². The summed E-state index contributed by atoms with van der Waals surface area (Å²) in [5.41, 5.74) is 2.98. The molecule has 3 nitrogen and oxygen atoms in total. The molecule has 0 bridgehead atoms. The molecule has 1 aliphatic rings. The molecule has 0 fully saturated rings. The van der Waals surface area contributed by atoms with E-state index in [1.54, 1.807) is 12.1 Å². The summed E-state index contributed by atoms with van der Waals surface area (Å²) in [7, 11) is 1.87. The van der Waals surface area contributed by atoms with E-state index in [1.807, 2.05) is 13.1 Å². The van der Waals surface area contributed by atoms with Gasteiger partial charge in [0, 0.05) is 24.7 Å². The quantitative estimate of drug-likeness (QED) is 0.918. The molecule has 2 aromatic rings. The topological polar surface area (TPSA) is 37.8 Å². The number of fused-ring (bicyclic) bond motifs is 1. The van der Waals surface area contributed by atoms with Crippen LogP contribution < -0.4 is 5.32 Å². The van der Waals surface area contributed by atoms with Crippen LogP contribution in [0, 0.1) is 5.82 Å². The molecule has 0 atom stereocenters. The van der Waals surface area contributed by atoms with Crippen LogP contribution in [0.2, 0.25) is 0 Å². The zero-order chi connectivity index (χ0) is 13.2. The maximum atomic E-state index is 13.7. The Bertz CT molecular complexity index is 610. The highest BCUT2D eigenvalue weighted by Gasteiger charge is 2.19. The average molecular weight is 257 g/mol. The lowest BCUT2D eigenvalue weighted by Gasteiger charge is -2.09. The molecule has 0 aliphatic heterocycles. The average Bonchev–Trinajstić information content (AvgIpc) is 2.89. The number of aryl methyl sites for hydroxylation is 1. The summed E-state index contributed by atoms with van der Waals surface area (Å²) in [4.78, 5) is 9.09. The van der Waals surface area contributed by atoms with E-state index in [-0.39, 0.29) is 5.82 Å². The Balaban J connectivity index is 1.96. The minimum atomic E-state index is -0.197. The van der Waals surface area contributed by atoms with Crippen molar-refractivity contribution in [2.75, 3.05) is 12.4 Å². The molecule has 0 saturated carbocycles. The van der Waals surface area contributed by atoms with Gasteiger partial charge in [-0.25, -0.2) is 14.4 Å². The van der Waals surface area contributed by atoms with Crippen LogP contribution in [-0.2, 0) is 19.3 Å². The van der Waals surface area contributed by atoms with Crippen LogP contribution in [0.5, 0.6) is 0 Å². The van der Waals surface area contributed by atoms with Gasteiger partial charge in [0.05, 0.1) is 0 Å². The van der Waals surface area contributed by atoms with Gasteiger partial charge in [0.2, 0.25) is 0 Å². The van der Waals surface area contributed by atoms with E-state index in [0.29, 0.717) is 17.8 Å². The van der Waals surface area contributed by atoms with Gasteiger partial charge in [-0.15, -0.1) is 0 Å². The number of nitrogens with zero attached hydrogens (tertiary/aromatic N) is 2. The fraction of sp³-hybridized carbons (Fsp3) is 0.333. The highest BCUT2D eigenvalue weighted by Crippen LogP contribution is 2.26. The standard InChI is InChI=1S/C15H16FN3/c1-17-15-11-6-4-8-13(11)18-14(19-15)9-10-5-2-3-7-12(10)16/h2-3,5,7H,4,6,8-9H2,1H3,(H,17,18,19). The first-order valence-corrected chi connectivity index (χ1v) is 6.57. The summed E-state index contributed by atoms with van der Waals surface area (Å²) in [6, 6.07) is 6.79. The Morgan fingerprint density at radius 2 is 2.05 bits per heavy atom. The van der Waals surface area contributed by atoms with Gasteiger partial charge in [-0.3, -0.25) is 0 Å². The SMILES string of the molecule is CNc1nc(Cc2ccccc2F)nc2c1CCC2. The monoisotopic (exact) mass is 257 g/mol. The van der Waals surface area contributed by atoms with E-state index in [2.05, 4.69) is 15.3 Å². The molecule has 3 rings (SSSR count). The second-order valence-corrected chi connectivity index (χ2v) is 4.79. The first-order valence-electron chi connectivity index (χ1n) is 6.57. The van der Waals surface area contributed by atoms with Gasteiger partial charge < -0.3 is 5.32 Å². The Morgan fingerprint density at radius 3 is 2.84 bits per heavy atom. The predicted molar refractivity (Wildman–Crippen MR) is 72.8 cm³/mol. The lowest BCUT2D eigenvalue weighted by atomic mass is 10.1. The van der Waals surface area contributed by atoms with Crippen molar-refractivity contribution in [3.05, 3.63) is 52.7 Å². The lowest BCUT2D eigenvalue weighted by Crippen LogP contribution is -2.07. The van der Waals surface area contributed by atoms with Crippen molar-refractivity contribution >= 4 is 5.82 Å². The first-order chi connectivity index (χ1) is 9.28. The molecule has 19 heavy (non-hydrogen) atoms. The predicted octanol–water partition coefficient (Wildman–Crippen LogP) is 2.74. The van der Waals surface area contributed by atoms with E-state index in [9.17, 15) is 4.39 Å². The fourth-order valence-electron chi connectivity index (χ4n) is 2.58. The maximum absolute atomic E-state index is 13.7. The maximum Gasteiger partial charge on any atom is 0.135 e. The molecular weight excluding hydrogens is 241 g/mol. The summed E-state index contributed by atoms with van der Waals surface area (Å²) in [6.07, 6.45) is 3.60. The third kappa shape index (κ3) is 2.30. The van der Waals surface area contributed by atoms with Crippen LogP contribution in [0.15, 0.2) is 24.3 Å². The van der Waals surface area contributed by atoms with Gasteiger partial charge in [0.1, 0.15) is 17.5 Å². The fourth-order valence-corrected chi connectivity index (χ4v) is 2.58. The van der Waals surface area contributed by atoms with Gasteiger partial charge in [0.25, 0.3) is 0 Å². The number of benzene rings is 1. The molecule has 4 heteroatoms. The number of anilines is 1. The normalized spacial score (nSPS) is 13.4. The third-order valence-electron chi connectivity index (χ3n) is 3.52. The van der Waals surface area contributed by atoms with Crippen LogP contribution in [-0.4, -0.2) is 17.0 Å². The highest BCUT2D eigenvalue weighted by molar-refractivity contribution is 5.48. The van der Waals surface area contributed by atoms with Gasteiger partial charge in [0.15, 0.2) is 0 Å². The summed E-state index contributed by atoms with van der Waals surface area (Å²) in [5, 5.41) is 3.12.